The summed E-state index contributed by atoms with van der Waals surface area (Å²) in [6, 6.07) is 8.13. The molecule has 17 heavy (non-hydrogen) atoms. The number of hydrogen-bond donors (Lipinski definition) is 2. The van der Waals surface area contributed by atoms with Gasteiger partial charge in [-0.3, -0.25) is 4.79 Å². The Kier molecular flexibility index (Phi) is 3.98. The number of amides is 1. The highest BCUT2D eigenvalue weighted by atomic mass is 16.5. The van der Waals surface area contributed by atoms with Crippen molar-refractivity contribution in [2.45, 2.75) is 18.9 Å². The van der Waals surface area contributed by atoms with Gasteiger partial charge in [-0.15, -0.1) is 0 Å². The van der Waals surface area contributed by atoms with Gasteiger partial charge in [-0.05, 0) is 18.1 Å². The second-order valence-electron chi connectivity index (χ2n) is 4.22. The summed E-state index contributed by atoms with van der Waals surface area (Å²) in [6.45, 7) is 1.53. The first kappa shape index (κ1) is 11.9. The van der Waals surface area contributed by atoms with Crippen LogP contribution in [0.3, 0.4) is 0 Å². The first-order valence-corrected chi connectivity index (χ1v) is 5.91. The average Bonchev–Trinajstić information content (AvgIpc) is 2.54. The maximum atomic E-state index is 11.5. The molecular formula is C13H18N2O2. The van der Waals surface area contributed by atoms with Crippen LogP contribution in [0.5, 0.6) is 5.75 Å². The second-order valence-corrected chi connectivity index (χ2v) is 4.22. The van der Waals surface area contributed by atoms with Gasteiger partial charge in [-0.2, -0.15) is 0 Å². The third-order valence-corrected chi connectivity index (χ3v) is 2.97. The van der Waals surface area contributed by atoms with Gasteiger partial charge in [0.1, 0.15) is 5.75 Å². The summed E-state index contributed by atoms with van der Waals surface area (Å²) >= 11 is 0. The normalized spacial score (nSPS) is 20.5. The maximum absolute atomic E-state index is 11.5. The lowest BCUT2D eigenvalue weighted by atomic mass is 10.0. The molecule has 1 aromatic carbocycles. The zero-order valence-corrected chi connectivity index (χ0v) is 10.0. The van der Waals surface area contributed by atoms with Gasteiger partial charge in [0.2, 0.25) is 5.91 Å². The predicted octanol–water partition coefficient (Wildman–Crippen LogP) is 0.716. The minimum Gasteiger partial charge on any atom is -0.496 e. The number of carbonyl (C=O) groups excluding carboxylic acids is 1. The number of benzene rings is 1. The van der Waals surface area contributed by atoms with E-state index in [1.807, 2.05) is 24.3 Å². The van der Waals surface area contributed by atoms with Crippen molar-refractivity contribution in [2.75, 3.05) is 20.2 Å². The van der Waals surface area contributed by atoms with Gasteiger partial charge in [0.15, 0.2) is 0 Å². The van der Waals surface area contributed by atoms with Crippen molar-refractivity contribution < 1.29 is 9.53 Å². The van der Waals surface area contributed by atoms with Crippen LogP contribution >= 0.6 is 0 Å². The van der Waals surface area contributed by atoms with Crippen molar-refractivity contribution in [3.05, 3.63) is 29.8 Å². The van der Waals surface area contributed by atoms with Gasteiger partial charge in [0, 0.05) is 25.6 Å². The highest BCUT2D eigenvalue weighted by Gasteiger charge is 2.18. The summed E-state index contributed by atoms with van der Waals surface area (Å²) in [4.78, 5) is 11.5. The van der Waals surface area contributed by atoms with Crippen LogP contribution in [0, 0.1) is 0 Å². The lowest BCUT2D eigenvalue weighted by Crippen LogP contribution is -2.32. The molecule has 0 bridgehead atoms. The number of nitrogens with one attached hydrogen (secondary N) is 2. The summed E-state index contributed by atoms with van der Waals surface area (Å²) in [6.07, 6.45) is 1.34. The van der Waals surface area contributed by atoms with Gasteiger partial charge in [0.25, 0.3) is 0 Å². The molecule has 0 aliphatic carbocycles. The van der Waals surface area contributed by atoms with Crippen LogP contribution < -0.4 is 15.4 Å². The number of rotatable bonds is 3. The molecule has 1 unspecified atom stereocenters. The molecule has 0 spiro atoms. The zero-order chi connectivity index (χ0) is 12.1. The van der Waals surface area contributed by atoms with Crippen LogP contribution in [-0.2, 0) is 11.2 Å². The Morgan fingerprint density at radius 2 is 2.18 bits per heavy atom. The molecule has 0 saturated carbocycles. The monoisotopic (exact) mass is 234 g/mol. The van der Waals surface area contributed by atoms with Crippen LogP contribution in [0.1, 0.15) is 12.0 Å². The smallest absolute Gasteiger partial charge is 0.221 e. The highest BCUT2D eigenvalue weighted by Crippen LogP contribution is 2.19. The van der Waals surface area contributed by atoms with Crippen molar-refractivity contribution in [3.8, 4) is 5.75 Å². The maximum Gasteiger partial charge on any atom is 0.221 e. The second kappa shape index (κ2) is 5.68. The van der Waals surface area contributed by atoms with E-state index in [0.717, 1.165) is 24.3 Å². The Morgan fingerprint density at radius 3 is 3.00 bits per heavy atom. The lowest BCUT2D eigenvalue weighted by molar-refractivity contribution is -0.121. The molecule has 4 nitrogen and oxygen atoms in total. The van der Waals surface area contributed by atoms with Crippen LogP contribution in [0.4, 0.5) is 0 Å². The molecule has 1 heterocycles. The number of carbonyl (C=O) groups is 1. The first-order chi connectivity index (χ1) is 8.29. The fourth-order valence-electron chi connectivity index (χ4n) is 2.13. The largest absolute Gasteiger partial charge is 0.496 e. The summed E-state index contributed by atoms with van der Waals surface area (Å²) in [5.41, 5.74) is 1.14. The van der Waals surface area contributed by atoms with E-state index >= 15 is 0 Å². The van der Waals surface area contributed by atoms with E-state index in [0.29, 0.717) is 13.0 Å². The SMILES string of the molecule is COc1ccccc1CC1CC(=O)NCCN1. The quantitative estimate of drug-likeness (QED) is 0.810. The van der Waals surface area contributed by atoms with E-state index < -0.39 is 0 Å². The molecule has 2 rings (SSSR count). The average molecular weight is 234 g/mol. The molecule has 1 fully saturated rings. The number of ether oxygens (including phenoxy) is 1. The highest BCUT2D eigenvalue weighted by molar-refractivity contribution is 5.76. The van der Waals surface area contributed by atoms with E-state index in [9.17, 15) is 4.79 Å². The molecule has 0 aromatic heterocycles. The summed E-state index contributed by atoms with van der Waals surface area (Å²) in [5, 5.41) is 6.23. The van der Waals surface area contributed by atoms with Crippen molar-refractivity contribution >= 4 is 5.91 Å². The molecule has 4 heteroatoms. The zero-order valence-electron chi connectivity index (χ0n) is 10.0. The van der Waals surface area contributed by atoms with Crippen molar-refractivity contribution in [3.63, 3.8) is 0 Å². The Morgan fingerprint density at radius 1 is 1.35 bits per heavy atom. The first-order valence-electron chi connectivity index (χ1n) is 5.91. The van der Waals surface area contributed by atoms with Crippen molar-refractivity contribution in [2.24, 2.45) is 0 Å². The fourth-order valence-corrected chi connectivity index (χ4v) is 2.13. The van der Waals surface area contributed by atoms with E-state index in [1.54, 1.807) is 7.11 Å². The standard InChI is InChI=1S/C13H18N2O2/c1-17-12-5-3-2-4-10(12)8-11-9-13(16)15-7-6-14-11/h2-5,11,14H,6-9H2,1H3,(H,15,16). The molecule has 1 aliphatic heterocycles. The molecule has 1 amide bonds. The van der Waals surface area contributed by atoms with Gasteiger partial charge in [-0.1, -0.05) is 18.2 Å². The lowest BCUT2D eigenvalue weighted by Gasteiger charge is -2.16. The molecule has 92 valence electrons. The van der Waals surface area contributed by atoms with Gasteiger partial charge in [0.05, 0.1) is 7.11 Å². The molecule has 1 aliphatic rings. The molecule has 0 radical (unpaired) electrons. The number of hydrogen-bond acceptors (Lipinski definition) is 3. The molecule has 1 atom stereocenters. The number of para-hydroxylation sites is 1. The van der Waals surface area contributed by atoms with E-state index in [2.05, 4.69) is 10.6 Å². The molecule has 2 N–H and O–H groups in total. The molecule has 1 aromatic rings. The fraction of sp³-hybridized carbons (Fsp3) is 0.462. The van der Waals surface area contributed by atoms with Crippen molar-refractivity contribution in [1.82, 2.24) is 10.6 Å². The summed E-state index contributed by atoms with van der Waals surface area (Å²) in [5.74, 6) is 1.01. The Balaban J connectivity index is 2.06. The van der Waals surface area contributed by atoms with Gasteiger partial charge in [-0.25, -0.2) is 0 Å². The van der Waals surface area contributed by atoms with E-state index in [-0.39, 0.29) is 11.9 Å². The molecular weight excluding hydrogens is 216 g/mol. The minimum absolute atomic E-state index is 0.120. The predicted molar refractivity (Wildman–Crippen MR) is 66.1 cm³/mol. The minimum atomic E-state index is 0.120. The van der Waals surface area contributed by atoms with Gasteiger partial charge >= 0.3 is 0 Å². The third-order valence-electron chi connectivity index (χ3n) is 2.97. The number of methoxy groups -OCH3 is 1. The van der Waals surface area contributed by atoms with Gasteiger partial charge < -0.3 is 15.4 Å². The Hall–Kier alpha value is -1.55. The van der Waals surface area contributed by atoms with Crippen LogP contribution in [0.25, 0.3) is 0 Å². The van der Waals surface area contributed by atoms with Crippen molar-refractivity contribution in [1.29, 1.82) is 0 Å². The topological polar surface area (TPSA) is 50.4 Å². The van der Waals surface area contributed by atoms with Crippen LogP contribution in [0.2, 0.25) is 0 Å². The van der Waals surface area contributed by atoms with Crippen LogP contribution in [-0.4, -0.2) is 32.1 Å². The molecule has 1 saturated heterocycles. The third kappa shape index (κ3) is 3.20. The Labute approximate surface area is 101 Å². The Bertz CT molecular complexity index is 393. The summed E-state index contributed by atoms with van der Waals surface area (Å²) < 4.78 is 5.32. The van der Waals surface area contributed by atoms with E-state index in [1.165, 1.54) is 0 Å². The van der Waals surface area contributed by atoms with E-state index in [4.69, 9.17) is 4.74 Å². The van der Waals surface area contributed by atoms with Crippen LogP contribution in [0.15, 0.2) is 24.3 Å². The summed E-state index contributed by atoms with van der Waals surface area (Å²) in [7, 11) is 1.67.